The molecule has 8 heteroatoms. The van der Waals surface area contributed by atoms with E-state index in [1.54, 1.807) is 0 Å². The maximum Gasteiger partial charge on any atom is 0.310 e. The number of hydrogen-bond acceptors (Lipinski definition) is 5. The topological polar surface area (TPSA) is 89.8 Å². The monoisotopic (exact) mass is 326 g/mol. The summed E-state index contributed by atoms with van der Waals surface area (Å²) in [6, 6.07) is 3.93. The molecule has 1 amide bonds. The number of rotatable bonds is 3. The van der Waals surface area contributed by atoms with Crippen LogP contribution < -0.4 is 0 Å². The van der Waals surface area contributed by atoms with Crippen LogP contribution in [0.15, 0.2) is 18.2 Å². The number of likely N-dealkylation sites (tertiary alicyclic amines) is 1. The summed E-state index contributed by atoms with van der Waals surface area (Å²) in [5.74, 6) is -1.06. The Hall–Kier alpha value is -2.15. The number of nitrogens with zero attached hydrogens (tertiary/aromatic N) is 2. The third kappa shape index (κ3) is 3.36. The highest BCUT2D eigenvalue weighted by Crippen LogP contribution is 2.27. The fourth-order valence-electron chi connectivity index (χ4n) is 2.49. The number of esters is 1. The van der Waals surface area contributed by atoms with Crippen molar-refractivity contribution in [1.82, 2.24) is 4.90 Å². The Labute approximate surface area is 131 Å². The van der Waals surface area contributed by atoms with Crippen molar-refractivity contribution >= 4 is 29.2 Å². The highest BCUT2D eigenvalue weighted by molar-refractivity contribution is 6.32. The first-order chi connectivity index (χ1) is 10.4. The van der Waals surface area contributed by atoms with Crippen LogP contribution in [0.5, 0.6) is 0 Å². The third-order valence-corrected chi connectivity index (χ3v) is 3.95. The molecule has 1 aromatic carbocycles. The second-order valence-corrected chi connectivity index (χ2v) is 5.44. The van der Waals surface area contributed by atoms with E-state index < -0.39 is 4.92 Å². The minimum absolute atomic E-state index is 0.0207. The van der Waals surface area contributed by atoms with Gasteiger partial charge in [-0.3, -0.25) is 19.7 Å². The van der Waals surface area contributed by atoms with E-state index in [9.17, 15) is 19.7 Å². The number of piperidine rings is 1. The Balaban J connectivity index is 2.19. The predicted octanol–water partition coefficient (Wildman–Crippen LogP) is 2.27. The molecule has 1 aliphatic heterocycles. The van der Waals surface area contributed by atoms with Gasteiger partial charge in [-0.25, -0.2) is 0 Å². The SMILES string of the molecule is COC(=O)C1CCCN(C(=O)c2ccc(Cl)c([N+](=O)[O-])c2)C1. The Morgan fingerprint density at radius 3 is 2.82 bits per heavy atom. The Kier molecular flexibility index (Phi) is 4.97. The second kappa shape index (κ2) is 6.74. The van der Waals surface area contributed by atoms with Crippen LogP contribution in [-0.2, 0) is 9.53 Å². The molecule has 0 bridgehead atoms. The molecule has 118 valence electrons. The summed E-state index contributed by atoms with van der Waals surface area (Å²) < 4.78 is 4.71. The Bertz CT molecular complexity index is 619. The van der Waals surface area contributed by atoms with Crippen molar-refractivity contribution in [3.8, 4) is 0 Å². The van der Waals surface area contributed by atoms with Crippen LogP contribution in [0.4, 0.5) is 5.69 Å². The highest BCUT2D eigenvalue weighted by Gasteiger charge is 2.30. The van der Waals surface area contributed by atoms with E-state index in [0.717, 1.165) is 6.07 Å². The van der Waals surface area contributed by atoms with Gasteiger partial charge in [0.1, 0.15) is 5.02 Å². The van der Waals surface area contributed by atoms with E-state index in [1.807, 2.05) is 0 Å². The quantitative estimate of drug-likeness (QED) is 0.483. The summed E-state index contributed by atoms with van der Waals surface area (Å²) in [5, 5.41) is 10.9. The van der Waals surface area contributed by atoms with Crippen LogP contribution in [0.3, 0.4) is 0 Å². The number of carbonyl (C=O) groups is 2. The average molecular weight is 327 g/mol. The molecule has 22 heavy (non-hydrogen) atoms. The zero-order valence-corrected chi connectivity index (χ0v) is 12.7. The molecule has 0 N–H and O–H groups in total. The van der Waals surface area contributed by atoms with Crippen LogP contribution in [0.1, 0.15) is 23.2 Å². The second-order valence-electron chi connectivity index (χ2n) is 5.04. The molecule has 0 aromatic heterocycles. The third-order valence-electron chi connectivity index (χ3n) is 3.63. The molecule has 0 aliphatic carbocycles. The van der Waals surface area contributed by atoms with Gasteiger partial charge < -0.3 is 9.64 Å². The minimum Gasteiger partial charge on any atom is -0.469 e. The number of benzene rings is 1. The van der Waals surface area contributed by atoms with Crippen molar-refractivity contribution in [3.63, 3.8) is 0 Å². The van der Waals surface area contributed by atoms with Crippen molar-refractivity contribution in [2.75, 3.05) is 20.2 Å². The van der Waals surface area contributed by atoms with Gasteiger partial charge >= 0.3 is 5.97 Å². The lowest BCUT2D eigenvalue weighted by molar-refractivity contribution is -0.384. The lowest BCUT2D eigenvalue weighted by Gasteiger charge is -2.31. The molecular formula is C14H15ClN2O5. The molecule has 1 aromatic rings. The molecule has 1 saturated heterocycles. The molecule has 2 rings (SSSR count). The smallest absolute Gasteiger partial charge is 0.310 e. The number of halogens is 1. The van der Waals surface area contributed by atoms with Gasteiger partial charge in [0.15, 0.2) is 0 Å². The Morgan fingerprint density at radius 1 is 1.45 bits per heavy atom. The summed E-state index contributed by atoms with van der Waals surface area (Å²) in [6.45, 7) is 0.755. The summed E-state index contributed by atoms with van der Waals surface area (Å²) >= 11 is 5.74. The number of methoxy groups -OCH3 is 1. The molecule has 1 fully saturated rings. The lowest BCUT2D eigenvalue weighted by Crippen LogP contribution is -2.42. The first-order valence-electron chi connectivity index (χ1n) is 6.75. The van der Waals surface area contributed by atoms with E-state index in [1.165, 1.54) is 24.1 Å². The fraction of sp³-hybridized carbons (Fsp3) is 0.429. The number of nitro benzene ring substituents is 1. The summed E-state index contributed by atoms with van der Waals surface area (Å²) in [7, 11) is 1.31. The average Bonchev–Trinajstić information content (AvgIpc) is 2.53. The van der Waals surface area contributed by atoms with E-state index in [0.29, 0.717) is 19.4 Å². The van der Waals surface area contributed by atoms with Gasteiger partial charge in [0.25, 0.3) is 11.6 Å². The number of hydrogen-bond donors (Lipinski definition) is 0. The first-order valence-corrected chi connectivity index (χ1v) is 7.13. The van der Waals surface area contributed by atoms with Crippen LogP contribution >= 0.6 is 11.6 Å². The molecule has 0 spiro atoms. The molecule has 7 nitrogen and oxygen atoms in total. The van der Waals surface area contributed by atoms with Gasteiger partial charge in [0.05, 0.1) is 18.0 Å². The van der Waals surface area contributed by atoms with Gasteiger partial charge in [-0.1, -0.05) is 11.6 Å². The summed E-state index contributed by atoms with van der Waals surface area (Å²) in [5.41, 5.74) is -0.129. The molecule has 1 unspecified atom stereocenters. The number of ether oxygens (including phenoxy) is 1. The van der Waals surface area contributed by atoms with Gasteiger partial charge in [-0.05, 0) is 25.0 Å². The van der Waals surface area contributed by atoms with Crippen LogP contribution in [0, 0.1) is 16.0 Å². The normalized spacial score (nSPS) is 17.9. The predicted molar refractivity (Wildman–Crippen MR) is 78.7 cm³/mol. The molecule has 0 saturated carbocycles. The van der Waals surface area contributed by atoms with E-state index in [4.69, 9.17) is 16.3 Å². The van der Waals surface area contributed by atoms with E-state index in [-0.39, 0.29) is 40.6 Å². The van der Waals surface area contributed by atoms with Gasteiger partial charge in [-0.2, -0.15) is 0 Å². The molecule has 1 aliphatic rings. The largest absolute Gasteiger partial charge is 0.469 e. The fourth-order valence-corrected chi connectivity index (χ4v) is 2.68. The molecule has 1 heterocycles. The van der Waals surface area contributed by atoms with Gasteiger partial charge in [0, 0.05) is 24.7 Å². The lowest BCUT2D eigenvalue weighted by atomic mass is 9.97. The van der Waals surface area contributed by atoms with Crippen LogP contribution in [0.25, 0.3) is 0 Å². The zero-order valence-electron chi connectivity index (χ0n) is 12.0. The number of carbonyl (C=O) groups excluding carboxylic acids is 2. The van der Waals surface area contributed by atoms with Gasteiger partial charge in [-0.15, -0.1) is 0 Å². The van der Waals surface area contributed by atoms with Gasteiger partial charge in [0.2, 0.25) is 0 Å². The maximum atomic E-state index is 12.5. The van der Waals surface area contributed by atoms with Crippen molar-refractivity contribution in [3.05, 3.63) is 38.9 Å². The van der Waals surface area contributed by atoms with Crippen molar-refractivity contribution in [1.29, 1.82) is 0 Å². The maximum absolute atomic E-state index is 12.5. The first kappa shape index (κ1) is 16.2. The van der Waals surface area contributed by atoms with Crippen molar-refractivity contribution < 1.29 is 19.2 Å². The van der Waals surface area contributed by atoms with Crippen LogP contribution in [-0.4, -0.2) is 41.9 Å². The van der Waals surface area contributed by atoms with Crippen molar-refractivity contribution in [2.24, 2.45) is 5.92 Å². The zero-order chi connectivity index (χ0) is 16.3. The molecular weight excluding hydrogens is 312 g/mol. The Morgan fingerprint density at radius 2 is 2.18 bits per heavy atom. The molecule has 0 radical (unpaired) electrons. The standard InChI is InChI=1S/C14H15ClN2O5/c1-22-14(19)10-3-2-6-16(8-10)13(18)9-4-5-11(15)12(7-9)17(20)21/h4-5,7,10H,2-3,6,8H2,1H3. The molecule has 1 atom stereocenters. The summed E-state index contributed by atoms with van der Waals surface area (Å²) in [6.07, 6.45) is 1.35. The number of amides is 1. The summed E-state index contributed by atoms with van der Waals surface area (Å²) in [4.78, 5) is 35.8. The number of nitro groups is 1. The highest BCUT2D eigenvalue weighted by atomic mass is 35.5. The van der Waals surface area contributed by atoms with Crippen molar-refractivity contribution in [2.45, 2.75) is 12.8 Å². The van der Waals surface area contributed by atoms with E-state index >= 15 is 0 Å². The van der Waals surface area contributed by atoms with Crippen LogP contribution in [0.2, 0.25) is 5.02 Å². The van der Waals surface area contributed by atoms with E-state index in [2.05, 4.69) is 0 Å². The minimum atomic E-state index is -0.632.